The highest BCUT2D eigenvalue weighted by Gasteiger charge is 2.03. The van der Waals surface area contributed by atoms with Crippen molar-refractivity contribution in [3.8, 4) is 0 Å². The molecule has 0 aliphatic rings. The average Bonchev–Trinajstić information content (AvgIpc) is 2.18. The summed E-state index contributed by atoms with van der Waals surface area (Å²) in [7, 11) is 0. The lowest BCUT2D eigenvalue weighted by atomic mass is 10.1. The third-order valence-corrected chi connectivity index (χ3v) is 2.05. The maximum Gasteiger partial charge on any atom is 0.224 e. The van der Waals surface area contributed by atoms with Crippen molar-refractivity contribution in [3.63, 3.8) is 0 Å². The molecule has 0 saturated carbocycles. The van der Waals surface area contributed by atoms with Gasteiger partial charge in [0.05, 0.1) is 13.0 Å². The van der Waals surface area contributed by atoms with Gasteiger partial charge >= 0.3 is 0 Å². The van der Waals surface area contributed by atoms with Crippen LogP contribution in [0.5, 0.6) is 0 Å². The second-order valence-electron chi connectivity index (χ2n) is 3.18. The van der Waals surface area contributed by atoms with Crippen LogP contribution >= 0.6 is 0 Å². The Hall–Kier alpha value is -1.35. The number of carbonyl (C=O) groups is 1. The number of carbonyl (C=O) groups excluding carboxylic acids is 1. The molecule has 0 aliphatic heterocycles. The Kier molecular flexibility index (Phi) is 4.13. The molecule has 3 nitrogen and oxygen atoms in total. The molecule has 1 amide bonds. The number of benzene rings is 1. The summed E-state index contributed by atoms with van der Waals surface area (Å²) in [4.78, 5) is 11.3. The van der Waals surface area contributed by atoms with Crippen LogP contribution < -0.4 is 5.32 Å². The van der Waals surface area contributed by atoms with E-state index in [1.165, 1.54) is 0 Å². The fourth-order valence-corrected chi connectivity index (χ4v) is 1.24. The van der Waals surface area contributed by atoms with Crippen LogP contribution in [-0.4, -0.2) is 24.2 Å². The van der Waals surface area contributed by atoms with Gasteiger partial charge < -0.3 is 10.4 Å². The lowest BCUT2D eigenvalue weighted by molar-refractivity contribution is -0.120. The predicted octanol–water partition coefficient (Wildman–Crippen LogP) is 0.646. The molecule has 0 bridgehead atoms. The molecular weight excluding hydrogens is 178 g/mol. The number of aryl methyl sites for hydroxylation is 1. The second-order valence-corrected chi connectivity index (χ2v) is 3.18. The van der Waals surface area contributed by atoms with E-state index in [2.05, 4.69) is 5.32 Å². The molecule has 0 radical (unpaired) electrons. The van der Waals surface area contributed by atoms with Crippen molar-refractivity contribution in [1.82, 2.24) is 5.32 Å². The lowest BCUT2D eigenvalue weighted by Gasteiger charge is -2.05. The zero-order chi connectivity index (χ0) is 10.4. The van der Waals surface area contributed by atoms with Crippen LogP contribution in [0.1, 0.15) is 11.1 Å². The highest BCUT2D eigenvalue weighted by molar-refractivity contribution is 5.78. The Morgan fingerprint density at radius 2 is 2.14 bits per heavy atom. The van der Waals surface area contributed by atoms with Gasteiger partial charge in [-0.05, 0) is 18.1 Å². The molecule has 14 heavy (non-hydrogen) atoms. The molecule has 1 aromatic rings. The first kappa shape index (κ1) is 10.7. The molecule has 0 aliphatic carbocycles. The summed E-state index contributed by atoms with van der Waals surface area (Å²) < 4.78 is 0. The van der Waals surface area contributed by atoms with Gasteiger partial charge in [0, 0.05) is 6.54 Å². The predicted molar refractivity (Wildman–Crippen MR) is 55.0 cm³/mol. The van der Waals surface area contributed by atoms with Crippen LogP contribution in [0, 0.1) is 6.92 Å². The van der Waals surface area contributed by atoms with Gasteiger partial charge in [-0.1, -0.05) is 24.3 Å². The summed E-state index contributed by atoms with van der Waals surface area (Å²) >= 11 is 0. The maximum atomic E-state index is 11.3. The number of amides is 1. The molecule has 0 aromatic heterocycles. The number of aliphatic hydroxyl groups excluding tert-OH is 1. The van der Waals surface area contributed by atoms with Crippen LogP contribution in [0.4, 0.5) is 0 Å². The van der Waals surface area contributed by atoms with Crippen LogP contribution in [0.3, 0.4) is 0 Å². The van der Waals surface area contributed by atoms with E-state index in [1.807, 2.05) is 31.2 Å². The first-order chi connectivity index (χ1) is 6.74. The molecule has 1 aromatic carbocycles. The molecule has 0 heterocycles. The summed E-state index contributed by atoms with van der Waals surface area (Å²) in [6.45, 7) is 2.29. The SMILES string of the molecule is Cc1ccccc1CC(=O)NCCO. The smallest absolute Gasteiger partial charge is 0.224 e. The molecule has 0 saturated heterocycles. The van der Waals surface area contributed by atoms with Crippen molar-refractivity contribution in [2.45, 2.75) is 13.3 Å². The Morgan fingerprint density at radius 1 is 1.43 bits per heavy atom. The van der Waals surface area contributed by atoms with Crippen molar-refractivity contribution < 1.29 is 9.90 Å². The Morgan fingerprint density at radius 3 is 2.79 bits per heavy atom. The average molecular weight is 193 g/mol. The number of hydrogen-bond acceptors (Lipinski definition) is 2. The van der Waals surface area contributed by atoms with Gasteiger partial charge in [-0.3, -0.25) is 4.79 Å². The first-order valence-electron chi connectivity index (χ1n) is 4.66. The molecule has 1 rings (SSSR count). The first-order valence-corrected chi connectivity index (χ1v) is 4.66. The van der Waals surface area contributed by atoms with Gasteiger partial charge in [-0.15, -0.1) is 0 Å². The summed E-state index contributed by atoms with van der Waals surface area (Å²) in [6.07, 6.45) is 0.382. The molecule has 0 spiro atoms. The Balaban J connectivity index is 2.52. The number of aliphatic hydroxyl groups is 1. The van der Waals surface area contributed by atoms with Gasteiger partial charge in [0.2, 0.25) is 5.91 Å². The quantitative estimate of drug-likeness (QED) is 0.737. The lowest BCUT2D eigenvalue weighted by Crippen LogP contribution is -2.28. The normalized spacial score (nSPS) is 9.86. The molecule has 76 valence electrons. The zero-order valence-electron chi connectivity index (χ0n) is 8.29. The topological polar surface area (TPSA) is 49.3 Å². The minimum Gasteiger partial charge on any atom is -0.395 e. The standard InChI is InChI=1S/C11H15NO2/c1-9-4-2-3-5-10(9)8-11(14)12-6-7-13/h2-5,13H,6-8H2,1H3,(H,12,14). The highest BCUT2D eigenvalue weighted by atomic mass is 16.3. The van der Waals surface area contributed by atoms with Crippen LogP contribution in [0.25, 0.3) is 0 Å². The third kappa shape index (κ3) is 3.18. The minimum atomic E-state index is -0.0478. The van der Waals surface area contributed by atoms with Gasteiger partial charge in [0.15, 0.2) is 0 Å². The molecule has 0 unspecified atom stereocenters. The number of hydrogen-bond donors (Lipinski definition) is 2. The van der Waals surface area contributed by atoms with Crippen LogP contribution in [0.2, 0.25) is 0 Å². The zero-order valence-corrected chi connectivity index (χ0v) is 8.29. The minimum absolute atomic E-state index is 0.0144. The Labute approximate surface area is 83.8 Å². The highest BCUT2D eigenvalue weighted by Crippen LogP contribution is 2.07. The van der Waals surface area contributed by atoms with E-state index < -0.39 is 0 Å². The van der Waals surface area contributed by atoms with E-state index in [0.717, 1.165) is 11.1 Å². The number of nitrogens with one attached hydrogen (secondary N) is 1. The molecule has 3 heteroatoms. The second kappa shape index (κ2) is 5.40. The monoisotopic (exact) mass is 193 g/mol. The van der Waals surface area contributed by atoms with Crippen molar-refractivity contribution in [3.05, 3.63) is 35.4 Å². The van der Waals surface area contributed by atoms with Crippen LogP contribution in [0.15, 0.2) is 24.3 Å². The van der Waals surface area contributed by atoms with E-state index in [9.17, 15) is 4.79 Å². The fourth-order valence-electron chi connectivity index (χ4n) is 1.24. The molecule has 0 fully saturated rings. The van der Waals surface area contributed by atoms with E-state index in [0.29, 0.717) is 13.0 Å². The fraction of sp³-hybridized carbons (Fsp3) is 0.364. The summed E-state index contributed by atoms with van der Waals surface area (Å²) in [5, 5.41) is 11.1. The largest absolute Gasteiger partial charge is 0.395 e. The van der Waals surface area contributed by atoms with E-state index in [4.69, 9.17) is 5.11 Å². The van der Waals surface area contributed by atoms with E-state index in [1.54, 1.807) is 0 Å². The summed E-state index contributed by atoms with van der Waals surface area (Å²) in [5.74, 6) is -0.0478. The van der Waals surface area contributed by atoms with Crippen molar-refractivity contribution in [2.75, 3.05) is 13.2 Å². The summed E-state index contributed by atoms with van der Waals surface area (Å²) in [5.41, 5.74) is 2.15. The van der Waals surface area contributed by atoms with Crippen molar-refractivity contribution >= 4 is 5.91 Å². The third-order valence-electron chi connectivity index (χ3n) is 2.05. The molecule has 2 N–H and O–H groups in total. The van der Waals surface area contributed by atoms with Gasteiger partial charge in [0.25, 0.3) is 0 Å². The van der Waals surface area contributed by atoms with Gasteiger partial charge in [-0.2, -0.15) is 0 Å². The van der Waals surface area contributed by atoms with E-state index in [-0.39, 0.29) is 12.5 Å². The Bertz CT molecular complexity index is 310. The summed E-state index contributed by atoms with van der Waals surface area (Å²) in [6, 6.07) is 7.79. The van der Waals surface area contributed by atoms with Gasteiger partial charge in [-0.25, -0.2) is 0 Å². The molecule has 0 atom stereocenters. The maximum absolute atomic E-state index is 11.3. The van der Waals surface area contributed by atoms with Crippen molar-refractivity contribution in [1.29, 1.82) is 0 Å². The number of rotatable bonds is 4. The van der Waals surface area contributed by atoms with Crippen molar-refractivity contribution in [2.24, 2.45) is 0 Å². The van der Waals surface area contributed by atoms with Gasteiger partial charge in [0.1, 0.15) is 0 Å². The van der Waals surface area contributed by atoms with E-state index >= 15 is 0 Å². The van der Waals surface area contributed by atoms with Crippen LogP contribution in [-0.2, 0) is 11.2 Å². The molecular formula is C11H15NO2.